The molecule has 1 saturated heterocycles. The number of amides is 1. The van der Waals surface area contributed by atoms with Gasteiger partial charge in [0, 0.05) is 30.9 Å². The van der Waals surface area contributed by atoms with Gasteiger partial charge in [-0.1, -0.05) is 11.6 Å². The molecule has 0 aliphatic carbocycles. The highest BCUT2D eigenvalue weighted by Gasteiger charge is 2.21. The van der Waals surface area contributed by atoms with Crippen LogP contribution in [-0.4, -0.2) is 65.4 Å². The van der Waals surface area contributed by atoms with Gasteiger partial charge in [0.25, 0.3) is 5.91 Å². The molecule has 11 heteroatoms. The zero-order chi connectivity index (χ0) is 22.6. The van der Waals surface area contributed by atoms with E-state index < -0.39 is 15.9 Å². The first-order valence-corrected chi connectivity index (χ1v) is 12.1. The lowest BCUT2D eigenvalue weighted by atomic mass is 10.2. The van der Waals surface area contributed by atoms with E-state index in [-0.39, 0.29) is 16.7 Å². The fraction of sp³-hybridized carbons (Fsp3) is 0.381. The monoisotopic (exact) mass is 481 g/mol. The van der Waals surface area contributed by atoms with Crippen molar-refractivity contribution in [3.05, 3.63) is 47.0 Å². The van der Waals surface area contributed by atoms with Crippen molar-refractivity contribution in [2.45, 2.75) is 11.3 Å². The van der Waals surface area contributed by atoms with Gasteiger partial charge in [-0.15, -0.1) is 0 Å². The van der Waals surface area contributed by atoms with Crippen molar-refractivity contribution in [3.8, 4) is 11.5 Å². The number of carbonyl (C=O) groups excluding carboxylic acids is 1. The first kappa shape index (κ1) is 22.8. The van der Waals surface area contributed by atoms with Crippen LogP contribution < -0.4 is 19.5 Å². The highest BCUT2D eigenvalue weighted by molar-refractivity contribution is 7.89. The maximum atomic E-state index is 12.5. The number of hydrogen-bond donors (Lipinski definition) is 2. The number of fused-ring (bicyclic) bond motifs is 1. The second-order valence-electron chi connectivity index (χ2n) is 7.38. The van der Waals surface area contributed by atoms with Crippen LogP contribution in [0.3, 0.4) is 0 Å². The van der Waals surface area contributed by atoms with E-state index in [1.165, 1.54) is 30.3 Å². The van der Waals surface area contributed by atoms with Gasteiger partial charge in [-0.2, -0.15) is 0 Å². The van der Waals surface area contributed by atoms with Crippen LogP contribution in [0.5, 0.6) is 11.5 Å². The zero-order valence-corrected chi connectivity index (χ0v) is 18.9. The molecule has 32 heavy (non-hydrogen) atoms. The Labute approximate surface area is 191 Å². The van der Waals surface area contributed by atoms with E-state index in [0.29, 0.717) is 35.7 Å². The van der Waals surface area contributed by atoms with Gasteiger partial charge in [0.15, 0.2) is 11.5 Å². The molecule has 2 N–H and O–H groups in total. The van der Waals surface area contributed by atoms with Gasteiger partial charge >= 0.3 is 0 Å². The number of rotatable bonds is 8. The molecule has 0 spiro atoms. The molecule has 0 aromatic heterocycles. The lowest BCUT2D eigenvalue weighted by molar-refractivity contribution is 0.0376. The highest BCUT2D eigenvalue weighted by Crippen LogP contribution is 2.39. The Kier molecular flexibility index (Phi) is 7.17. The van der Waals surface area contributed by atoms with Crippen LogP contribution in [0.25, 0.3) is 0 Å². The second-order valence-corrected chi connectivity index (χ2v) is 9.55. The molecule has 2 aliphatic rings. The number of carbonyl (C=O) groups is 1. The summed E-state index contributed by atoms with van der Waals surface area (Å²) in [7, 11) is -3.63. The van der Waals surface area contributed by atoms with Crippen LogP contribution in [0.2, 0.25) is 5.02 Å². The molecule has 2 aliphatic heterocycles. The minimum absolute atomic E-state index is 0.0529. The molecule has 1 fully saturated rings. The number of hydrogen-bond acceptors (Lipinski definition) is 7. The average molecular weight is 482 g/mol. The molecule has 0 bridgehead atoms. The molecular weight excluding hydrogens is 458 g/mol. The number of nitrogens with zero attached hydrogens (tertiary/aromatic N) is 1. The normalized spacial score (nSPS) is 16.2. The summed E-state index contributed by atoms with van der Waals surface area (Å²) in [4.78, 5) is 14.9. The van der Waals surface area contributed by atoms with Crippen molar-refractivity contribution in [1.82, 2.24) is 9.62 Å². The van der Waals surface area contributed by atoms with Gasteiger partial charge < -0.3 is 19.5 Å². The lowest BCUT2D eigenvalue weighted by Crippen LogP contribution is -2.38. The van der Waals surface area contributed by atoms with Crippen molar-refractivity contribution >= 4 is 33.2 Å². The van der Waals surface area contributed by atoms with Crippen LogP contribution in [0.1, 0.15) is 16.8 Å². The predicted octanol–water partition coefficient (Wildman–Crippen LogP) is 2.32. The number of sulfonamides is 1. The third-order valence-electron chi connectivity index (χ3n) is 5.16. The molecule has 0 unspecified atom stereocenters. The van der Waals surface area contributed by atoms with E-state index in [9.17, 15) is 13.2 Å². The first-order valence-electron chi connectivity index (χ1n) is 10.2. The third kappa shape index (κ3) is 5.51. The van der Waals surface area contributed by atoms with Gasteiger partial charge in [0.05, 0.1) is 23.1 Å². The Morgan fingerprint density at radius 3 is 2.59 bits per heavy atom. The van der Waals surface area contributed by atoms with Gasteiger partial charge in [0.2, 0.25) is 16.8 Å². The first-order chi connectivity index (χ1) is 15.4. The van der Waals surface area contributed by atoms with Gasteiger partial charge in [-0.3, -0.25) is 9.69 Å². The quantitative estimate of drug-likeness (QED) is 0.557. The van der Waals surface area contributed by atoms with Crippen molar-refractivity contribution in [3.63, 3.8) is 0 Å². The molecule has 0 atom stereocenters. The van der Waals surface area contributed by atoms with E-state index in [4.69, 9.17) is 25.8 Å². The van der Waals surface area contributed by atoms with Crippen LogP contribution in [-0.2, 0) is 14.8 Å². The molecule has 2 heterocycles. The largest absolute Gasteiger partial charge is 0.454 e. The summed E-state index contributed by atoms with van der Waals surface area (Å²) in [6, 6.07) is 9.01. The SMILES string of the molecule is O=C(Nc1ccc(S(=O)(=O)NCCCN2CCOCC2)cc1)c1cc(Cl)c2c(c1)OCO2. The number of nitrogens with one attached hydrogen (secondary N) is 2. The fourth-order valence-electron chi connectivity index (χ4n) is 3.44. The maximum Gasteiger partial charge on any atom is 0.255 e. The van der Waals surface area contributed by atoms with E-state index in [0.717, 1.165) is 32.8 Å². The number of anilines is 1. The standard InChI is InChI=1S/C21H24ClN3O6S/c22-18-12-15(13-19-20(18)31-14-30-19)21(26)24-16-2-4-17(5-3-16)32(27,28)23-6-1-7-25-8-10-29-11-9-25/h2-5,12-13,23H,1,6-11,14H2,(H,24,26). The molecule has 0 radical (unpaired) electrons. The summed E-state index contributed by atoms with van der Waals surface area (Å²) >= 11 is 6.12. The summed E-state index contributed by atoms with van der Waals surface area (Å²) < 4.78 is 43.5. The molecule has 9 nitrogen and oxygen atoms in total. The molecule has 4 rings (SSSR count). The van der Waals surface area contributed by atoms with Gasteiger partial charge in [0.1, 0.15) is 0 Å². The molecule has 2 aromatic carbocycles. The van der Waals surface area contributed by atoms with Crippen LogP contribution in [0, 0.1) is 0 Å². The summed E-state index contributed by atoms with van der Waals surface area (Å²) in [5.74, 6) is 0.418. The number of morpholine rings is 1. The van der Waals surface area contributed by atoms with E-state index >= 15 is 0 Å². The van der Waals surface area contributed by atoms with E-state index in [1.54, 1.807) is 6.07 Å². The van der Waals surface area contributed by atoms with Gasteiger partial charge in [-0.25, -0.2) is 13.1 Å². The highest BCUT2D eigenvalue weighted by atomic mass is 35.5. The summed E-state index contributed by atoms with van der Waals surface area (Å²) in [5, 5.41) is 3.00. The summed E-state index contributed by atoms with van der Waals surface area (Å²) in [6.07, 6.45) is 0.714. The van der Waals surface area contributed by atoms with Gasteiger partial charge in [-0.05, 0) is 49.4 Å². The Bertz CT molecular complexity index is 1070. The average Bonchev–Trinajstić information content (AvgIpc) is 3.27. The fourth-order valence-corrected chi connectivity index (χ4v) is 4.78. The van der Waals surface area contributed by atoms with E-state index in [2.05, 4.69) is 14.9 Å². The minimum atomic E-state index is -3.63. The third-order valence-corrected chi connectivity index (χ3v) is 6.92. The summed E-state index contributed by atoms with van der Waals surface area (Å²) in [6.45, 7) is 4.41. The van der Waals surface area contributed by atoms with Crippen molar-refractivity contribution in [2.75, 3.05) is 51.5 Å². The van der Waals surface area contributed by atoms with E-state index in [1.807, 2.05) is 0 Å². The molecule has 1 amide bonds. The Morgan fingerprint density at radius 1 is 1.09 bits per heavy atom. The Balaban J connectivity index is 1.31. The molecule has 0 saturated carbocycles. The number of benzene rings is 2. The maximum absolute atomic E-state index is 12.5. The molecular formula is C21H24ClN3O6S. The number of halogens is 1. The minimum Gasteiger partial charge on any atom is -0.454 e. The zero-order valence-electron chi connectivity index (χ0n) is 17.3. The smallest absolute Gasteiger partial charge is 0.255 e. The Hall–Kier alpha value is -2.37. The van der Waals surface area contributed by atoms with Crippen molar-refractivity contribution in [2.24, 2.45) is 0 Å². The van der Waals surface area contributed by atoms with Crippen LogP contribution in [0.15, 0.2) is 41.3 Å². The number of ether oxygens (including phenoxy) is 3. The molecule has 172 valence electrons. The second kappa shape index (κ2) is 10.1. The Morgan fingerprint density at radius 2 is 1.84 bits per heavy atom. The van der Waals surface area contributed by atoms with Crippen LogP contribution >= 0.6 is 11.6 Å². The summed E-state index contributed by atoms with van der Waals surface area (Å²) in [5.41, 5.74) is 0.757. The van der Waals surface area contributed by atoms with Crippen molar-refractivity contribution in [1.29, 1.82) is 0 Å². The molecule has 2 aromatic rings. The lowest BCUT2D eigenvalue weighted by Gasteiger charge is -2.26. The van der Waals surface area contributed by atoms with Crippen molar-refractivity contribution < 1.29 is 27.4 Å². The topological polar surface area (TPSA) is 106 Å². The van der Waals surface area contributed by atoms with Crippen LogP contribution in [0.4, 0.5) is 5.69 Å². The predicted molar refractivity (Wildman–Crippen MR) is 119 cm³/mol.